The van der Waals surface area contributed by atoms with Crippen LogP contribution in [0, 0.1) is 5.92 Å². The first-order chi connectivity index (χ1) is 7.28. The molecule has 1 N–H and O–H groups in total. The molecule has 0 heterocycles. The van der Waals surface area contributed by atoms with Gasteiger partial charge < -0.3 is 5.32 Å². The van der Waals surface area contributed by atoms with Gasteiger partial charge in [0.15, 0.2) is 0 Å². The van der Waals surface area contributed by atoms with E-state index in [1.165, 1.54) is 30.5 Å². The molecule has 1 nitrogen and oxygen atoms in total. The normalized spacial score (nSPS) is 25.5. The van der Waals surface area contributed by atoms with E-state index in [1.54, 1.807) is 0 Å². The smallest absolute Gasteiger partial charge is 0.0342 e. The van der Waals surface area contributed by atoms with Crippen LogP contribution in [-0.4, -0.2) is 6.04 Å². The van der Waals surface area contributed by atoms with E-state index < -0.39 is 0 Å². The van der Waals surface area contributed by atoms with Gasteiger partial charge in [0, 0.05) is 11.7 Å². The fraction of sp³-hybridized carbons (Fsp3) is 0.571. The molecule has 1 fully saturated rings. The van der Waals surface area contributed by atoms with Crippen molar-refractivity contribution in [1.82, 2.24) is 0 Å². The monoisotopic (exact) mass is 203 g/mol. The second-order valence-corrected chi connectivity index (χ2v) is 4.81. The van der Waals surface area contributed by atoms with Crippen molar-refractivity contribution in [3.8, 4) is 0 Å². The molecule has 1 aromatic carbocycles. The molecule has 0 radical (unpaired) electrons. The van der Waals surface area contributed by atoms with Crippen LogP contribution in [0.1, 0.15) is 38.7 Å². The standard InChI is InChI=1S/C14H21N/c1-3-12-5-8-13(9-6-12)15-14-7-4-11(2)10-14/h5-6,8-9,11,14-15H,3-4,7,10H2,1-2H3. The molecular weight excluding hydrogens is 182 g/mol. The highest BCUT2D eigenvalue weighted by Crippen LogP contribution is 2.27. The van der Waals surface area contributed by atoms with Crippen LogP contribution in [0.25, 0.3) is 0 Å². The topological polar surface area (TPSA) is 12.0 Å². The van der Waals surface area contributed by atoms with Gasteiger partial charge in [0.05, 0.1) is 0 Å². The maximum absolute atomic E-state index is 3.62. The van der Waals surface area contributed by atoms with Crippen molar-refractivity contribution in [3.05, 3.63) is 29.8 Å². The summed E-state index contributed by atoms with van der Waals surface area (Å²) in [5.74, 6) is 0.900. The van der Waals surface area contributed by atoms with Gasteiger partial charge in [-0.05, 0) is 49.3 Å². The molecule has 0 aliphatic heterocycles. The number of hydrogen-bond acceptors (Lipinski definition) is 1. The van der Waals surface area contributed by atoms with E-state index in [0.29, 0.717) is 6.04 Å². The predicted molar refractivity (Wildman–Crippen MR) is 66.2 cm³/mol. The van der Waals surface area contributed by atoms with Gasteiger partial charge in [-0.1, -0.05) is 26.0 Å². The number of anilines is 1. The van der Waals surface area contributed by atoms with Crippen LogP contribution in [0.3, 0.4) is 0 Å². The minimum absolute atomic E-state index is 0.701. The molecule has 0 spiro atoms. The maximum atomic E-state index is 3.62. The molecule has 15 heavy (non-hydrogen) atoms. The molecule has 0 saturated heterocycles. The average molecular weight is 203 g/mol. The third kappa shape index (κ3) is 2.74. The summed E-state index contributed by atoms with van der Waals surface area (Å²) >= 11 is 0. The Balaban J connectivity index is 1.93. The van der Waals surface area contributed by atoms with Gasteiger partial charge in [0.25, 0.3) is 0 Å². The molecule has 2 unspecified atom stereocenters. The SMILES string of the molecule is CCc1ccc(NC2CCC(C)C2)cc1. The third-order valence-electron chi connectivity index (χ3n) is 3.43. The number of rotatable bonds is 3. The van der Waals surface area contributed by atoms with Crippen LogP contribution in [-0.2, 0) is 6.42 Å². The molecular formula is C14H21N. The van der Waals surface area contributed by atoms with Crippen LogP contribution in [0.2, 0.25) is 0 Å². The second-order valence-electron chi connectivity index (χ2n) is 4.81. The molecule has 1 aromatic rings. The molecule has 1 aliphatic carbocycles. The Morgan fingerprint density at radius 3 is 2.47 bits per heavy atom. The van der Waals surface area contributed by atoms with E-state index in [9.17, 15) is 0 Å². The predicted octanol–water partition coefficient (Wildman–Crippen LogP) is 3.85. The van der Waals surface area contributed by atoms with E-state index in [-0.39, 0.29) is 0 Å². The van der Waals surface area contributed by atoms with E-state index in [2.05, 4.69) is 43.4 Å². The van der Waals surface area contributed by atoms with Gasteiger partial charge in [-0.15, -0.1) is 0 Å². The van der Waals surface area contributed by atoms with Gasteiger partial charge in [-0.25, -0.2) is 0 Å². The summed E-state index contributed by atoms with van der Waals surface area (Å²) in [5.41, 5.74) is 2.70. The minimum Gasteiger partial charge on any atom is -0.382 e. The van der Waals surface area contributed by atoms with Gasteiger partial charge in [0.1, 0.15) is 0 Å². The van der Waals surface area contributed by atoms with Gasteiger partial charge in [-0.3, -0.25) is 0 Å². The zero-order valence-corrected chi connectivity index (χ0v) is 9.79. The van der Waals surface area contributed by atoms with E-state index in [4.69, 9.17) is 0 Å². The van der Waals surface area contributed by atoms with Crippen LogP contribution in [0.4, 0.5) is 5.69 Å². The molecule has 0 amide bonds. The van der Waals surface area contributed by atoms with Crippen LogP contribution in [0.5, 0.6) is 0 Å². The Kier molecular flexibility index (Phi) is 3.30. The zero-order chi connectivity index (χ0) is 10.7. The first-order valence-electron chi connectivity index (χ1n) is 6.13. The van der Waals surface area contributed by atoms with Crippen LogP contribution >= 0.6 is 0 Å². The maximum Gasteiger partial charge on any atom is 0.0342 e. The first-order valence-corrected chi connectivity index (χ1v) is 6.13. The van der Waals surface area contributed by atoms with Crippen molar-refractivity contribution in [1.29, 1.82) is 0 Å². The van der Waals surface area contributed by atoms with Crippen LogP contribution in [0.15, 0.2) is 24.3 Å². The quantitative estimate of drug-likeness (QED) is 0.786. The average Bonchev–Trinajstić information content (AvgIpc) is 2.65. The molecule has 1 saturated carbocycles. The highest BCUT2D eigenvalue weighted by atomic mass is 14.9. The summed E-state index contributed by atoms with van der Waals surface area (Å²) in [7, 11) is 0. The lowest BCUT2D eigenvalue weighted by atomic mass is 10.1. The molecule has 2 rings (SSSR count). The van der Waals surface area contributed by atoms with Crippen molar-refractivity contribution in [2.75, 3.05) is 5.32 Å². The van der Waals surface area contributed by atoms with Crippen molar-refractivity contribution >= 4 is 5.69 Å². The molecule has 1 aliphatic rings. The lowest BCUT2D eigenvalue weighted by Crippen LogP contribution is -2.15. The Labute approximate surface area is 92.9 Å². The summed E-state index contributed by atoms with van der Waals surface area (Å²) in [6.45, 7) is 4.54. The fourth-order valence-electron chi connectivity index (χ4n) is 2.41. The summed E-state index contributed by atoms with van der Waals surface area (Å²) in [6.07, 6.45) is 5.16. The summed E-state index contributed by atoms with van der Waals surface area (Å²) in [4.78, 5) is 0. The second kappa shape index (κ2) is 4.69. The summed E-state index contributed by atoms with van der Waals surface area (Å²) in [5, 5.41) is 3.62. The Hall–Kier alpha value is -0.980. The van der Waals surface area contributed by atoms with E-state index in [1.807, 2.05) is 0 Å². The van der Waals surface area contributed by atoms with Crippen molar-refractivity contribution in [2.24, 2.45) is 5.92 Å². The summed E-state index contributed by atoms with van der Waals surface area (Å²) in [6, 6.07) is 9.57. The Morgan fingerprint density at radius 2 is 1.93 bits per heavy atom. The molecule has 1 heteroatoms. The molecule has 82 valence electrons. The highest BCUT2D eigenvalue weighted by molar-refractivity contribution is 5.45. The Bertz CT molecular complexity index is 302. The number of benzene rings is 1. The van der Waals surface area contributed by atoms with Gasteiger partial charge >= 0.3 is 0 Å². The van der Waals surface area contributed by atoms with Crippen molar-refractivity contribution < 1.29 is 0 Å². The third-order valence-corrected chi connectivity index (χ3v) is 3.43. The lowest BCUT2D eigenvalue weighted by Gasteiger charge is -2.14. The number of hydrogen-bond donors (Lipinski definition) is 1. The highest BCUT2D eigenvalue weighted by Gasteiger charge is 2.20. The molecule has 0 bridgehead atoms. The lowest BCUT2D eigenvalue weighted by molar-refractivity contribution is 0.602. The van der Waals surface area contributed by atoms with Crippen molar-refractivity contribution in [3.63, 3.8) is 0 Å². The zero-order valence-electron chi connectivity index (χ0n) is 9.79. The van der Waals surface area contributed by atoms with E-state index >= 15 is 0 Å². The largest absolute Gasteiger partial charge is 0.382 e. The van der Waals surface area contributed by atoms with E-state index in [0.717, 1.165) is 12.3 Å². The van der Waals surface area contributed by atoms with Crippen molar-refractivity contribution in [2.45, 2.75) is 45.6 Å². The minimum atomic E-state index is 0.701. The molecule has 2 atom stereocenters. The molecule has 0 aromatic heterocycles. The first kappa shape index (κ1) is 10.5. The number of aryl methyl sites for hydroxylation is 1. The number of nitrogens with one attached hydrogen (secondary N) is 1. The van der Waals surface area contributed by atoms with Gasteiger partial charge in [0.2, 0.25) is 0 Å². The van der Waals surface area contributed by atoms with Gasteiger partial charge in [-0.2, -0.15) is 0 Å². The van der Waals surface area contributed by atoms with Crippen LogP contribution < -0.4 is 5.32 Å². The fourth-order valence-corrected chi connectivity index (χ4v) is 2.41. The Morgan fingerprint density at radius 1 is 1.20 bits per heavy atom. The summed E-state index contributed by atoms with van der Waals surface area (Å²) < 4.78 is 0.